The number of methoxy groups -OCH3 is 1. The van der Waals surface area contributed by atoms with Crippen molar-refractivity contribution in [2.24, 2.45) is 5.16 Å². The molecule has 0 saturated heterocycles. The van der Waals surface area contributed by atoms with E-state index in [4.69, 9.17) is 4.84 Å². The highest BCUT2D eigenvalue weighted by molar-refractivity contribution is 9.10. The molecule has 0 bridgehead atoms. The zero-order valence-electron chi connectivity index (χ0n) is 13.8. The van der Waals surface area contributed by atoms with Crippen LogP contribution in [0.1, 0.15) is 21.5 Å². The van der Waals surface area contributed by atoms with Gasteiger partial charge in [-0.25, -0.2) is 4.79 Å². The predicted molar refractivity (Wildman–Crippen MR) is 98.8 cm³/mol. The van der Waals surface area contributed by atoms with Crippen molar-refractivity contribution in [3.05, 3.63) is 63.6 Å². The maximum absolute atomic E-state index is 11.8. The molecular weight excluding hydrogens is 388 g/mol. The Labute approximate surface area is 153 Å². The Morgan fingerprint density at radius 3 is 2.56 bits per heavy atom. The number of hydrogen-bond acceptors (Lipinski definition) is 5. The van der Waals surface area contributed by atoms with Crippen molar-refractivity contribution >= 4 is 39.7 Å². The number of hydrogen-bond donors (Lipinski definition) is 1. The Hall–Kier alpha value is -2.67. The van der Waals surface area contributed by atoms with Crippen molar-refractivity contribution in [3.8, 4) is 0 Å². The first-order chi connectivity index (χ1) is 12.0. The number of carbonyl (C=O) groups is 2. The molecule has 0 radical (unpaired) electrons. The molecule has 0 fully saturated rings. The van der Waals surface area contributed by atoms with E-state index in [1.165, 1.54) is 13.3 Å². The van der Waals surface area contributed by atoms with Gasteiger partial charge in [0, 0.05) is 10.2 Å². The number of halogens is 1. The summed E-state index contributed by atoms with van der Waals surface area (Å²) in [4.78, 5) is 28.2. The van der Waals surface area contributed by atoms with Crippen LogP contribution < -0.4 is 5.32 Å². The molecule has 1 amide bonds. The maximum atomic E-state index is 11.8. The van der Waals surface area contributed by atoms with Crippen molar-refractivity contribution in [1.82, 2.24) is 0 Å². The minimum absolute atomic E-state index is 0.202. The molecule has 25 heavy (non-hydrogen) atoms. The standard InChI is InChI=1S/C18H17BrN2O4/c1-12-9-15(19)7-8-16(12)21-17(22)11-25-20-10-13-3-5-14(6-4-13)18(23)24-2/h3-10H,11H2,1-2H3,(H,21,22)/b20-10+. The molecular formula is C18H17BrN2O4. The van der Waals surface area contributed by atoms with Crippen molar-refractivity contribution in [1.29, 1.82) is 0 Å². The van der Waals surface area contributed by atoms with Crippen molar-refractivity contribution in [2.75, 3.05) is 19.0 Å². The van der Waals surface area contributed by atoms with Gasteiger partial charge >= 0.3 is 5.97 Å². The molecule has 2 aromatic carbocycles. The van der Waals surface area contributed by atoms with Gasteiger partial charge in [0.1, 0.15) is 0 Å². The second-order valence-electron chi connectivity index (χ2n) is 5.13. The number of benzene rings is 2. The minimum atomic E-state index is -0.403. The Morgan fingerprint density at radius 2 is 1.92 bits per heavy atom. The Bertz CT molecular complexity index is 788. The second kappa shape index (κ2) is 8.98. The number of anilines is 1. The third-order valence-corrected chi connectivity index (χ3v) is 3.76. The van der Waals surface area contributed by atoms with Gasteiger partial charge in [0.05, 0.1) is 18.9 Å². The summed E-state index contributed by atoms with van der Waals surface area (Å²) >= 11 is 3.37. The molecule has 0 aliphatic rings. The van der Waals surface area contributed by atoms with Crippen LogP contribution >= 0.6 is 15.9 Å². The highest BCUT2D eigenvalue weighted by Crippen LogP contribution is 2.19. The number of ether oxygens (including phenoxy) is 1. The highest BCUT2D eigenvalue weighted by atomic mass is 79.9. The van der Waals surface area contributed by atoms with E-state index in [0.29, 0.717) is 5.56 Å². The normalized spacial score (nSPS) is 10.5. The number of carbonyl (C=O) groups excluding carboxylic acids is 2. The average molecular weight is 405 g/mol. The Morgan fingerprint density at radius 1 is 1.20 bits per heavy atom. The second-order valence-corrected chi connectivity index (χ2v) is 6.04. The van der Waals surface area contributed by atoms with Crippen LogP contribution in [-0.2, 0) is 14.4 Å². The molecule has 6 nitrogen and oxygen atoms in total. The van der Waals surface area contributed by atoms with Gasteiger partial charge in [-0.2, -0.15) is 0 Å². The largest absolute Gasteiger partial charge is 0.465 e. The van der Waals surface area contributed by atoms with Crippen LogP contribution in [0.4, 0.5) is 5.69 Å². The third kappa shape index (κ3) is 5.72. The van der Waals surface area contributed by atoms with Crippen LogP contribution in [0.3, 0.4) is 0 Å². The fraction of sp³-hybridized carbons (Fsp3) is 0.167. The molecule has 0 aliphatic carbocycles. The first-order valence-corrected chi connectivity index (χ1v) is 8.18. The van der Waals surface area contributed by atoms with Crippen molar-refractivity contribution in [3.63, 3.8) is 0 Å². The summed E-state index contributed by atoms with van der Waals surface area (Å²) in [5, 5.41) is 6.50. The summed E-state index contributed by atoms with van der Waals surface area (Å²) in [6.45, 7) is 1.70. The first-order valence-electron chi connectivity index (χ1n) is 7.39. The molecule has 0 atom stereocenters. The first kappa shape index (κ1) is 18.7. The zero-order valence-corrected chi connectivity index (χ0v) is 15.4. The number of nitrogens with one attached hydrogen (secondary N) is 1. The fourth-order valence-electron chi connectivity index (χ4n) is 1.97. The summed E-state index contributed by atoms with van der Waals surface area (Å²) in [5.41, 5.74) is 2.85. The average Bonchev–Trinajstić information content (AvgIpc) is 2.61. The van der Waals surface area contributed by atoms with Gasteiger partial charge in [0.15, 0.2) is 6.61 Å². The molecule has 7 heteroatoms. The Balaban J connectivity index is 1.82. The number of amides is 1. The van der Waals surface area contributed by atoms with Gasteiger partial charge in [0.25, 0.3) is 5.91 Å². The molecule has 1 N–H and O–H groups in total. The molecule has 0 aromatic heterocycles. The van der Waals surface area contributed by atoms with Crippen LogP contribution in [0, 0.1) is 6.92 Å². The number of rotatable bonds is 6. The molecule has 0 unspecified atom stereocenters. The van der Waals surface area contributed by atoms with Crippen LogP contribution in [0.2, 0.25) is 0 Å². The highest BCUT2D eigenvalue weighted by Gasteiger charge is 2.06. The summed E-state index contributed by atoms with van der Waals surface area (Å²) in [6.07, 6.45) is 1.46. The molecule has 0 heterocycles. The molecule has 0 spiro atoms. The fourth-order valence-corrected chi connectivity index (χ4v) is 2.45. The van der Waals surface area contributed by atoms with Crippen molar-refractivity contribution < 1.29 is 19.2 Å². The van der Waals surface area contributed by atoms with E-state index in [0.717, 1.165) is 21.3 Å². The topological polar surface area (TPSA) is 77.0 Å². The summed E-state index contributed by atoms with van der Waals surface area (Å²) in [5.74, 6) is -0.705. The van der Waals surface area contributed by atoms with Crippen LogP contribution in [0.5, 0.6) is 0 Å². The lowest BCUT2D eigenvalue weighted by Gasteiger charge is -2.07. The van der Waals surface area contributed by atoms with E-state index in [1.807, 2.05) is 25.1 Å². The molecule has 2 aromatic rings. The SMILES string of the molecule is COC(=O)c1ccc(/C=N/OCC(=O)Nc2ccc(Br)cc2C)cc1. The Kier molecular flexibility index (Phi) is 6.71. The smallest absolute Gasteiger partial charge is 0.337 e. The van der Waals surface area contributed by atoms with Gasteiger partial charge in [-0.3, -0.25) is 4.79 Å². The molecule has 2 rings (SSSR count). The van der Waals surface area contributed by atoms with Gasteiger partial charge in [-0.05, 0) is 48.4 Å². The van der Waals surface area contributed by atoms with E-state index >= 15 is 0 Å². The monoisotopic (exact) mass is 404 g/mol. The van der Waals surface area contributed by atoms with E-state index in [1.54, 1.807) is 24.3 Å². The quantitative estimate of drug-likeness (QED) is 0.453. The van der Waals surface area contributed by atoms with E-state index < -0.39 is 5.97 Å². The number of esters is 1. The van der Waals surface area contributed by atoms with Crippen LogP contribution in [-0.4, -0.2) is 31.8 Å². The van der Waals surface area contributed by atoms with E-state index in [2.05, 4.69) is 31.1 Å². The minimum Gasteiger partial charge on any atom is -0.465 e. The van der Waals surface area contributed by atoms with Crippen LogP contribution in [0.15, 0.2) is 52.1 Å². The van der Waals surface area contributed by atoms with Gasteiger partial charge in [0.2, 0.25) is 0 Å². The van der Waals surface area contributed by atoms with Gasteiger partial charge in [-0.1, -0.05) is 33.2 Å². The maximum Gasteiger partial charge on any atom is 0.337 e. The predicted octanol–water partition coefficient (Wildman–Crippen LogP) is 3.53. The lowest BCUT2D eigenvalue weighted by Crippen LogP contribution is -2.17. The summed E-state index contributed by atoms with van der Waals surface area (Å²) in [6, 6.07) is 12.2. The van der Waals surface area contributed by atoms with Gasteiger partial charge < -0.3 is 14.9 Å². The number of aryl methyl sites for hydroxylation is 1. The number of oxime groups is 1. The molecule has 0 saturated carbocycles. The zero-order chi connectivity index (χ0) is 18.2. The van der Waals surface area contributed by atoms with E-state index in [-0.39, 0.29) is 12.5 Å². The molecule has 0 aliphatic heterocycles. The number of nitrogens with zero attached hydrogens (tertiary/aromatic N) is 1. The van der Waals surface area contributed by atoms with Crippen LogP contribution in [0.25, 0.3) is 0 Å². The summed E-state index contributed by atoms with van der Waals surface area (Å²) in [7, 11) is 1.33. The van der Waals surface area contributed by atoms with Gasteiger partial charge in [-0.15, -0.1) is 0 Å². The molecule has 130 valence electrons. The lowest BCUT2D eigenvalue weighted by molar-refractivity contribution is -0.120. The van der Waals surface area contributed by atoms with E-state index in [9.17, 15) is 9.59 Å². The summed E-state index contributed by atoms with van der Waals surface area (Å²) < 4.78 is 5.57. The van der Waals surface area contributed by atoms with Crippen molar-refractivity contribution in [2.45, 2.75) is 6.92 Å². The third-order valence-electron chi connectivity index (χ3n) is 3.27. The lowest BCUT2D eigenvalue weighted by atomic mass is 10.1.